The molecule has 1 aliphatic carbocycles. The van der Waals surface area contributed by atoms with Crippen molar-refractivity contribution in [2.24, 2.45) is 5.92 Å². The second kappa shape index (κ2) is 6.97. The van der Waals surface area contributed by atoms with Crippen molar-refractivity contribution in [3.05, 3.63) is 29.6 Å². The van der Waals surface area contributed by atoms with Gasteiger partial charge in [-0.2, -0.15) is 4.73 Å². The summed E-state index contributed by atoms with van der Waals surface area (Å²) in [6, 6.07) is 5.52. The van der Waals surface area contributed by atoms with Gasteiger partial charge in [0.05, 0.1) is 5.25 Å². The third-order valence-electron chi connectivity index (χ3n) is 3.89. The molecule has 1 saturated carbocycles. The van der Waals surface area contributed by atoms with Gasteiger partial charge in [0.25, 0.3) is 5.03 Å². The lowest BCUT2D eigenvalue weighted by Crippen LogP contribution is -2.44. The Hall–Kier alpha value is -1.23. The Kier molecular flexibility index (Phi) is 5.29. The van der Waals surface area contributed by atoms with Crippen LogP contribution in [0.1, 0.15) is 39.5 Å². The molecule has 1 amide bonds. The molecular weight excluding hydrogens is 272 g/mol. The van der Waals surface area contributed by atoms with Gasteiger partial charge in [0.2, 0.25) is 5.91 Å². The SMILES string of the molecule is CC(Sc1cccc[n+]1[O-])C(=O)NC1CCCCC1C. The Morgan fingerprint density at radius 2 is 2.20 bits per heavy atom. The third kappa shape index (κ3) is 3.88. The second-order valence-electron chi connectivity index (χ2n) is 5.50. The van der Waals surface area contributed by atoms with Crippen LogP contribution < -0.4 is 10.0 Å². The molecule has 1 aromatic rings. The summed E-state index contributed by atoms with van der Waals surface area (Å²) < 4.78 is 0.803. The number of amides is 1. The minimum absolute atomic E-state index is 0.0256. The molecule has 0 bridgehead atoms. The number of carbonyl (C=O) groups excluding carboxylic acids is 1. The Morgan fingerprint density at radius 3 is 2.90 bits per heavy atom. The summed E-state index contributed by atoms with van der Waals surface area (Å²) in [4.78, 5) is 12.2. The van der Waals surface area contributed by atoms with Gasteiger partial charge >= 0.3 is 0 Å². The van der Waals surface area contributed by atoms with Crippen molar-refractivity contribution in [1.29, 1.82) is 0 Å². The number of nitrogens with zero attached hydrogens (tertiary/aromatic N) is 1. The molecule has 0 aromatic carbocycles. The van der Waals surface area contributed by atoms with Gasteiger partial charge < -0.3 is 10.5 Å². The molecule has 0 spiro atoms. The van der Waals surface area contributed by atoms with E-state index in [1.807, 2.05) is 13.0 Å². The van der Waals surface area contributed by atoms with Crippen LogP contribution in [0, 0.1) is 11.1 Å². The molecule has 3 unspecified atom stereocenters. The number of pyridine rings is 1. The van der Waals surface area contributed by atoms with Crippen LogP contribution in [-0.4, -0.2) is 17.2 Å². The Balaban J connectivity index is 1.90. The molecule has 20 heavy (non-hydrogen) atoms. The highest BCUT2D eigenvalue weighted by Gasteiger charge is 2.26. The van der Waals surface area contributed by atoms with E-state index in [1.165, 1.54) is 37.2 Å². The summed E-state index contributed by atoms with van der Waals surface area (Å²) in [6.45, 7) is 4.05. The predicted octanol–water partition coefficient (Wildman–Crippen LogP) is 2.50. The monoisotopic (exact) mass is 294 g/mol. The van der Waals surface area contributed by atoms with E-state index in [2.05, 4.69) is 12.2 Å². The largest absolute Gasteiger partial charge is 0.618 e. The van der Waals surface area contributed by atoms with Gasteiger partial charge in [-0.15, -0.1) is 0 Å². The first-order valence-electron chi connectivity index (χ1n) is 7.23. The fourth-order valence-corrected chi connectivity index (χ4v) is 3.43. The van der Waals surface area contributed by atoms with Crippen LogP contribution in [0.3, 0.4) is 0 Å². The highest BCUT2D eigenvalue weighted by Crippen LogP contribution is 2.25. The standard InChI is InChI=1S/C15H22N2O2S/c1-11-7-3-4-8-13(11)16-15(18)12(2)20-14-9-5-6-10-17(14)19/h5-6,9-13H,3-4,7-8H2,1-2H3,(H,16,18). The number of aromatic nitrogens is 1. The van der Waals surface area contributed by atoms with Crippen LogP contribution in [0.4, 0.5) is 0 Å². The normalized spacial score (nSPS) is 24.1. The summed E-state index contributed by atoms with van der Waals surface area (Å²) in [6.07, 6.45) is 6.16. The quantitative estimate of drug-likeness (QED) is 0.527. The van der Waals surface area contributed by atoms with E-state index < -0.39 is 0 Å². The zero-order valence-electron chi connectivity index (χ0n) is 12.0. The first kappa shape index (κ1) is 15.2. The second-order valence-corrected chi connectivity index (χ2v) is 6.86. The summed E-state index contributed by atoms with van der Waals surface area (Å²) >= 11 is 1.31. The smallest absolute Gasteiger partial charge is 0.252 e. The van der Waals surface area contributed by atoms with E-state index in [4.69, 9.17) is 0 Å². The number of thioether (sulfide) groups is 1. The van der Waals surface area contributed by atoms with Gasteiger partial charge in [0, 0.05) is 18.2 Å². The lowest BCUT2D eigenvalue weighted by Gasteiger charge is -2.30. The van der Waals surface area contributed by atoms with Crippen LogP contribution in [0.2, 0.25) is 0 Å². The summed E-state index contributed by atoms with van der Waals surface area (Å²) in [5, 5.41) is 15.0. The molecule has 1 aromatic heterocycles. The Bertz CT molecular complexity index is 467. The van der Waals surface area contributed by atoms with E-state index in [-0.39, 0.29) is 17.2 Å². The molecule has 0 radical (unpaired) electrons. The van der Waals surface area contributed by atoms with E-state index >= 15 is 0 Å². The molecule has 5 heteroatoms. The Morgan fingerprint density at radius 1 is 1.45 bits per heavy atom. The molecule has 2 rings (SSSR count). The van der Waals surface area contributed by atoms with E-state index in [0.29, 0.717) is 10.9 Å². The summed E-state index contributed by atoms with van der Waals surface area (Å²) in [5.41, 5.74) is 0. The number of nitrogens with one attached hydrogen (secondary N) is 1. The lowest BCUT2D eigenvalue weighted by molar-refractivity contribution is -0.645. The first-order valence-corrected chi connectivity index (χ1v) is 8.11. The molecular formula is C15H22N2O2S. The van der Waals surface area contributed by atoms with Crippen LogP contribution in [-0.2, 0) is 4.79 Å². The van der Waals surface area contributed by atoms with Crippen molar-refractivity contribution in [3.63, 3.8) is 0 Å². The number of hydrogen-bond acceptors (Lipinski definition) is 3. The Labute approximate surface area is 124 Å². The molecule has 1 N–H and O–H groups in total. The van der Waals surface area contributed by atoms with E-state index in [1.54, 1.807) is 12.1 Å². The maximum atomic E-state index is 12.2. The molecule has 110 valence electrons. The minimum Gasteiger partial charge on any atom is -0.618 e. The van der Waals surface area contributed by atoms with Gasteiger partial charge in [0.1, 0.15) is 0 Å². The number of hydrogen-bond donors (Lipinski definition) is 1. The van der Waals surface area contributed by atoms with Crippen molar-refractivity contribution >= 4 is 17.7 Å². The third-order valence-corrected chi connectivity index (χ3v) is 5.02. The molecule has 4 nitrogen and oxygen atoms in total. The molecule has 1 heterocycles. The van der Waals surface area contributed by atoms with Crippen molar-refractivity contribution in [3.8, 4) is 0 Å². The van der Waals surface area contributed by atoms with Gasteiger partial charge in [0.15, 0.2) is 6.20 Å². The van der Waals surface area contributed by atoms with Crippen molar-refractivity contribution < 1.29 is 9.52 Å². The zero-order valence-corrected chi connectivity index (χ0v) is 12.9. The van der Waals surface area contributed by atoms with Gasteiger partial charge in [-0.25, -0.2) is 0 Å². The van der Waals surface area contributed by atoms with Crippen LogP contribution >= 0.6 is 11.8 Å². The highest BCUT2D eigenvalue weighted by atomic mass is 32.2. The van der Waals surface area contributed by atoms with Gasteiger partial charge in [-0.1, -0.05) is 19.8 Å². The van der Waals surface area contributed by atoms with Crippen LogP contribution in [0.25, 0.3) is 0 Å². The van der Waals surface area contributed by atoms with Crippen molar-refractivity contribution in [1.82, 2.24) is 5.32 Å². The van der Waals surface area contributed by atoms with Gasteiger partial charge in [-0.05, 0) is 43.5 Å². The predicted molar refractivity (Wildman–Crippen MR) is 80.3 cm³/mol. The summed E-state index contributed by atoms with van der Waals surface area (Å²) in [5.74, 6) is 0.573. The van der Waals surface area contributed by atoms with E-state index in [0.717, 1.165) is 11.2 Å². The molecule has 0 saturated heterocycles. The van der Waals surface area contributed by atoms with Gasteiger partial charge in [-0.3, -0.25) is 4.79 Å². The molecule has 3 atom stereocenters. The number of rotatable bonds is 4. The minimum atomic E-state index is -0.258. The topological polar surface area (TPSA) is 56.0 Å². The number of carbonyl (C=O) groups is 1. The average Bonchev–Trinajstić information content (AvgIpc) is 2.43. The first-order chi connectivity index (χ1) is 9.58. The van der Waals surface area contributed by atoms with Crippen molar-refractivity contribution in [2.75, 3.05) is 0 Å². The maximum Gasteiger partial charge on any atom is 0.252 e. The zero-order chi connectivity index (χ0) is 14.5. The van der Waals surface area contributed by atoms with Crippen molar-refractivity contribution in [2.45, 2.75) is 55.8 Å². The highest BCUT2D eigenvalue weighted by molar-refractivity contribution is 8.00. The van der Waals surface area contributed by atoms with E-state index in [9.17, 15) is 10.0 Å². The summed E-state index contributed by atoms with van der Waals surface area (Å²) in [7, 11) is 0. The fourth-order valence-electron chi connectivity index (χ4n) is 2.57. The molecule has 0 aliphatic heterocycles. The lowest BCUT2D eigenvalue weighted by atomic mass is 9.86. The average molecular weight is 294 g/mol. The molecule has 1 aliphatic rings. The van der Waals surface area contributed by atoms with Crippen LogP contribution in [0.15, 0.2) is 29.4 Å². The fraction of sp³-hybridized carbons (Fsp3) is 0.600. The maximum absolute atomic E-state index is 12.2. The molecule has 1 fully saturated rings. The van der Waals surface area contributed by atoms with Crippen LogP contribution in [0.5, 0.6) is 0 Å².